The van der Waals surface area contributed by atoms with Gasteiger partial charge in [0, 0.05) is 19.3 Å². The lowest BCUT2D eigenvalue weighted by atomic mass is 9.97. The van der Waals surface area contributed by atoms with E-state index >= 15 is 0 Å². The van der Waals surface area contributed by atoms with Crippen LogP contribution in [0, 0.1) is 13.8 Å². The lowest BCUT2D eigenvalue weighted by Crippen LogP contribution is -2.19. The Labute approximate surface area is 109 Å². The highest BCUT2D eigenvalue weighted by atomic mass is 15.2. The van der Waals surface area contributed by atoms with Crippen LogP contribution in [-0.4, -0.2) is 16.8 Å². The minimum absolute atomic E-state index is 0.341. The molecule has 0 radical (unpaired) electrons. The van der Waals surface area contributed by atoms with Gasteiger partial charge < -0.3 is 5.32 Å². The Kier molecular flexibility index (Phi) is 3.82. The van der Waals surface area contributed by atoms with E-state index in [2.05, 4.69) is 48.7 Å². The second-order valence-corrected chi connectivity index (χ2v) is 4.99. The Morgan fingerprint density at radius 2 is 1.89 bits per heavy atom. The van der Waals surface area contributed by atoms with Gasteiger partial charge in [-0.2, -0.15) is 5.10 Å². The molecule has 1 aromatic heterocycles. The molecular formula is C15H21N3. The third-order valence-electron chi connectivity index (χ3n) is 3.19. The molecule has 1 N–H and O–H groups in total. The van der Waals surface area contributed by atoms with Crippen molar-refractivity contribution in [3.63, 3.8) is 0 Å². The summed E-state index contributed by atoms with van der Waals surface area (Å²) in [5.41, 5.74) is 5.24. The molecule has 3 heteroatoms. The number of benzene rings is 1. The summed E-state index contributed by atoms with van der Waals surface area (Å²) >= 11 is 0. The van der Waals surface area contributed by atoms with E-state index in [0.717, 1.165) is 6.42 Å². The lowest BCUT2D eigenvalue weighted by molar-refractivity contribution is 0.591. The maximum atomic E-state index is 4.22. The third-order valence-corrected chi connectivity index (χ3v) is 3.19. The number of nitrogens with zero attached hydrogens (tertiary/aromatic N) is 2. The fourth-order valence-electron chi connectivity index (χ4n) is 2.41. The van der Waals surface area contributed by atoms with E-state index in [1.54, 1.807) is 0 Å². The molecule has 3 nitrogen and oxygen atoms in total. The fourth-order valence-corrected chi connectivity index (χ4v) is 2.41. The van der Waals surface area contributed by atoms with E-state index in [1.807, 2.05) is 25.0 Å². The van der Waals surface area contributed by atoms with Crippen LogP contribution in [0.25, 0.3) is 0 Å². The Hall–Kier alpha value is -1.61. The van der Waals surface area contributed by atoms with Crippen molar-refractivity contribution in [2.24, 2.45) is 7.05 Å². The highest BCUT2D eigenvalue weighted by Gasteiger charge is 2.11. The number of aromatic nitrogens is 2. The molecule has 0 bridgehead atoms. The van der Waals surface area contributed by atoms with Gasteiger partial charge in [-0.25, -0.2) is 0 Å². The van der Waals surface area contributed by atoms with Crippen molar-refractivity contribution in [1.29, 1.82) is 0 Å². The van der Waals surface area contributed by atoms with E-state index in [9.17, 15) is 0 Å². The predicted molar refractivity (Wildman–Crippen MR) is 74.6 cm³/mol. The summed E-state index contributed by atoms with van der Waals surface area (Å²) in [7, 11) is 3.97. The Morgan fingerprint density at radius 3 is 2.39 bits per heavy atom. The van der Waals surface area contributed by atoms with Crippen molar-refractivity contribution in [1.82, 2.24) is 15.1 Å². The van der Waals surface area contributed by atoms with Crippen molar-refractivity contribution < 1.29 is 0 Å². The summed E-state index contributed by atoms with van der Waals surface area (Å²) in [5, 5.41) is 7.62. The van der Waals surface area contributed by atoms with Gasteiger partial charge in [-0.05, 0) is 38.4 Å². The Bertz CT molecular complexity index is 508. The smallest absolute Gasteiger partial charge is 0.0522 e. The van der Waals surface area contributed by atoms with Crippen LogP contribution in [0.3, 0.4) is 0 Å². The zero-order chi connectivity index (χ0) is 13.1. The van der Waals surface area contributed by atoms with Crippen LogP contribution in [-0.2, 0) is 13.5 Å². The maximum Gasteiger partial charge on any atom is 0.0522 e. The van der Waals surface area contributed by atoms with Crippen molar-refractivity contribution in [3.8, 4) is 0 Å². The molecule has 1 unspecified atom stereocenters. The second-order valence-electron chi connectivity index (χ2n) is 4.99. The lowest BCUT2D eigenvalue weighted by Gasteiger charge is -2.17. The molecule has 0 fully saturated rings. The van der Waals surface area contributed by atoms with Gasteiger partial charge in [0.15, 0.2) is 0 Å². The molecule has 1 atom stereocenters. The molecule has 0 saturated heterocycles. The largest absolute Gasteiger partial charge is 0.313 e. The molecule has 0 aliphatic heterocycles. The summed E-state index contributed by atoms with van der Waals surface area (Å²) in [5.74, 6) is 0. The number of likely N-dealkylation sites (N-methyl/N-ethyl adjacent to an activating group) is 1. The number of hydrogen-bond donors (Lipinski definition) is 1. The Morgan fingerprint density at radius 1 is 1.22 bits per heavy atom. The predicted octanol–water partition coefficient (Wildman–Crippen LogP) is 2.54. The van der Waals surface area contributed by atoms with E-state index < -0.39 is 0 Å². The average Bonchev–Trinajstić information content (AvgIpc) is 2.70. The zero-order valence-electron chi connectivity index (χ0n) is 11.6. The van der Waals surface area contributed by atoms with Crippen LogP contribution in [0.5, 0.6) is 0 Å². The van der Waals surface area contributed by atoms with Crippen LogP contribution in [0.15, 0.2) is 30.6 Å². The molecule has 1 aromatic carbocycles. The Balaban J connectivity index is 2.22. The first kappa shape index (κ1) is 12.8. The van der Waals surface area contributed by atoms with Gasteiger partial charge in [-0.15, -0.1) is 0 Å². The van der Waals surface area contributed by atoms with Crippen molar-refractivity contribution in [2.45, 2.75) is 26.3 Å². The molecule has 1 heterocycles. The van der Waals surface area contributed by atoms with Crippen molar-refractivity contribution in [3.05, 3.63) is 52.8 Å². The first-order chi connectivity index (χ1) is 8.58. The van der Waals surface area contributed by atoms with E-state index in [4.69, 9.17) is 0 Å². The minimum atomic E-state index is 0.341. The molecule has 0 aliphatic carbocycles. The van der Waals surface area contributed by atoms with Crippen LogP contribution < -0.4 is 5.32 Å². The molecule has 0 aliphatic rings. The molecule has 2 rings (SSSR count). The number of hydrogen-bond acceptors (Lipinski definition) is 2. The quantitative estimate of drug-likeness (QED) is 0.894. The average molecular weight is 243 g/mol. The molecular weight excluding hydrogens is 222 g/mol. The monoisotopic (exact) mass is 243 g/mol. The molecule has 18 heavy (non-hydrogen) atoms. The maximum absolute atomic E-state index is 4.22. The SMILES string of the molecule is CNC(Cc1cnn(C)c1)c1cc(C)cc(C)c1. The summed E-state index contributed by atoms with van der Waals surface area (Å²) < 4.78 is 1.85. The van der Waals surface area contributed by atoms with Crippen LogP contribution in [0.2, 0.25) is 0 Å². The van der Waals surface area contributed by atoms with Gasteiger partial charge in [0.05, 0.1) is 6.20 Å². The number of nitrogens with one attached hydrogen (secondary N) is 1. The highest BCUT2D eigenvalue weighted by molar-refractivity contribution is 5.31. The van der Waals surface area contributed by atoms with Gasteiger partial charge in [-0.1, -0.05) is 29.3 Å². The van der Waals surface area contributed by atoms with Crippen molar-refractivity contribution in [2.75, 3.05) is 7.05 Å². The third kappa shape index (κ3) is 2.99. The topological polar surface area (TPSA) is 29.9 Å². The van der Waals surface area contributed by atoms with Crippen LogP contribution >= 0.6 is 0 Å². The zero-order valence-corrected chi connectivity index (χ0v) is 11.6. The van der Waals surface area contributed by atoms with Crippen molar-refractivity contribution >= 4 is 0 Å². The highest BCUT2D eigenvalue weighted by Crippen LogP contribution is 2.20. The normalized spacial score (nSPS) is 12.7. The second kappa shape index (κ2) is 5.36. The first-order valence-corrected chi connectivity index (χ1v) is 6.31. The van der Waals surface area contributed by atoms with Gasteiger partial charge in [-0.3, -0.25) is 4.68 Å². The summed E-state index contributed by atoms with van der Waals surface area (Å²) in [6, 6.07) is 7.06. The molecule has 2 aromatic rings. The number of rotatable bonds is 4. The summed E-state index contributed by atoms with van der Waals surface area (Å²) in [6.07, 6.45) is 4.98. The van der Waals surface area contributed by atoms with Crippen LogP contribution in [0.1, 0.15) is 28.3 Å². The van der Waals surface area contributed by atoms with Gasteiger partial charge in [0.2, 0.25) is 0 Å². The van der Waals surface area contributed by atoms with E-state index in [0.29, 0.717) is 6.04 Å². The van der Waals surface area contributed by atoms with E-state index in [1.165, 1.54) is 22.3 Å². The summed E-state index contributed by atoms with van der Waals surface area (Å²) in [4.78, 5) is 0. The standard InChI is InChI=1S/C15H21N3/c1-11-5-12(2)7-14(6-11)15(16-3)8-13-9-17-18(4)10-13/h5-7,9-10,15-16H,8H2,1-4H3. The minimum Gasteiger partial charge on any atom is -0.313 e. The summed E-state index contributed by atoms with van der Waals surface area (Å²) in [6.45, 7) is 4.29. The van der Waals surface area contributed by atoms with Gasteiger partial charge in [0.25, 0.3) is 0 Å². The number of aryl methyl sites for hydroxylation is 3. The first-order valence-electron chi connectivity index (χ1n) is 6.31. The van der Waals surface area contributed by atoms with Gasteiger partial charge in [0.1, 0.15) is 0 Å². The fraction of sp³-hybridized carbons (Fsp3) is 0.400. The van der Waals surface area contributed by atoms with E-state index in [-0.39, 0.29) is 0 Å². The molecule has 96 valence electrons. The molecule has 0 saturated carbocycles. The van der Waals surface area contributed by atoms with Crippen LogP contribution in [0.4, 0.5) is 0 Å². The molecule has 0 spiro atoms. The van der Waals surface area contributed by atoms with Gasteiger partial charge >= 0.3 is 0 Å². The molecule has 0 amide bonds.